The fourth-order valence-electron chi connectivity index (χ4n) is 1.42. The summed E-state index contributed by atoms with van der Waals surface area (Å²) in [4.78, 5) is 0. The maximum absolute atomic E-state index is 6.17. The van der Waals surface area contributed by atoms with E-state index in [0.29, 0.717) is 16.5 Å². The van der Waals surface area contributed by atoms with Gasteiger partial charge in [0, 0.05) is 0 Å². The molecule has 0 saturated heterocycles. The Morgan fingerprint density at radius 2 is 1.89 bits per heavy atom. The molecule has 0 aliphatic carbocycles. The molecule has 19 heavy (non-hydrogen) atoms. The molecule has 0 aliphatic rings. The van der Waals surface area contributed by atoms with Gasteiger partial charge in [-0.15, -0.1) is 12.8 Å². The van der Waals surface area contributed by atoms with Gasteiger partial charge >= 0.3 is 0 Å². The fourth-order valence-corrected chi connectivity index (χ4v) is 1.69. The Labute approximate surface area is 119 Å². The molecule has 0 N–H and O–H groups in total. The van der Waals surface area contributed by atoms with Crippen LogP contribution in [0.15, 0.2) is 18.2 Å². The van der Waals surface area contributed by atoms with Crippen LogP contribution in [0.4, 0.5) is 0 Å². The molecule has 0 radical (unpaired) electrons. The summed E-state index contributed by atoms with van der Waals surface area (Å²) in [5.74, 6) is 5.70. The molecule has 0 aliphatic heterocycles. The smallest absolute Gasteiger partial charge is 0.181 e. The van der Waals surface area contributed by atoms with Crippen molar-refractivity contribution in [1.29, 1.82) is 0 Å². The summed E-state index contributed by atoms with van der Waals surface area (Å²) in [6.45, 7) is 2.32. The predicted molar refractivity (Wildman–Crippen MR) is 79.4 cm³/mol. The van der Waals surface area contributed by atoms with Gasteiger partial charge in [0.2, 0.25) is 0 Å². The molecule has 1 rings (SSSR count). The van der Waals surface area contributed by atoms with E-state index in [4.69, 9.17) is 33.9 Å². The highest BCUT2D eigenvalue weighted by molar-refractivity contribution is 6.32. The minimum Gasteiger partial charge on any atom is -0.477 e. The molecule has 0 spiro atoms. The average Bonchev–Trinajstić information content (AvgIpc) is 2.41. The molecule has 0 fully saturated rings. The standard InChI is InChI=1S/C16H15ClO2/c1-4-7-8-13-11-14(17)16(19-10-6-3)15(12-13)18-9-5-2/h2-3,7-8,11-12H,4,9-10H2,1H3. The largest absolute Gasteiger partial charge is 0.477 e. The number of rotatable bonds is 6. The molecule has 0 amide bonds. The lowest BCUT2D eigenvalue weighted by molar-refractivity contribution is 0.314. The SMILES string of the molecule is C#CCOc1cc(C=CCC)cc(Cl)c1OCC#C. The zero-order chi connectivity index (χ0) is 14.1. The van der Waals surface area contributed by atoms with Crippen LogP contribution in [0.3, 0.4) is 0 Å². The molecule has 1 aromatic rings. The third-order valence-corrected chi connectivity index (χ3v) is 2.47. The highest BCUT2D eigenvalue weighted by Crippen LogP contribution is 2.37. The van der Waals surface area contributed by atoms with Crippen molar-refractivity contribution in [1.82, 2.24) is 0 Å². The predicted octanol–water partition coefficient (Wildman–Crippen LogP) is 3.79. The van der Waals surface area contributed by atoms with E-state index in [0.717, 1.165) is 12.0 Å². The second-order valence-electron chi connectivity index (χ2n) is 3.63. The van der Waals surface area contributed by atoms with Gasteiger partial charge in [-0.2, -0.15) is 0 Å². The van der Waals surface area contributed by atoms with Crippen molar-refractivity contribution in [2.45, 2.75) is 13.3 Å². The fraction of sp³-hybridized carbons (Fsp3) is 0.250. The minimum atomic E-state index is 0.121. The van der Waals surface area contributed by atoms with Crippen molar-refractivity contribution in [3.8, 4) is 36.2 Å². The Kier molecular flexibility index (Phi) is 6.44. The van der Waals surface area contributed by atoms with Gasteiger partial charge in [-0.05, 0) is 24.1 Å². The summed E-state index contributed by atoms with van der Waals surface area (Å²) in [7, 11) is 0. The van der Waals surface area contributed by atoms with Gasteiger partial charge in [0.05, 0.1) is 5.02 Å². The van der Waals surface area contributed by atoms with E-state index in [1.54, 1.807) is 6.07 Å². The Morgan fingerprint density at radius 1 is 1.21 bits per heavy atom. The van der Waals surface area contributed by atoms with Crippen molar-refractivity contribution < 1.29 is 9.47 Å². The number of hydrogen-bond acceptors (Lipinski definition) is 2. The molecule has 98 valence electrons. The van der Waals surface area contributed by atoms with E-state index in [1.165, 1.54) is 0 Å². The van der Waals surface area contributed by atoms with E-state index in [1.807, 2.05) is 18.2 Å². The molecule has 2 nitrogen and oxygen atoms in total. The first-order valence-electron chi connectivity index (χ1n) is 5.85. The zero-order valence-electron chi connectivity index (χ0n) is 10.8. The van der Waals surface area contributed by atoms with Crippen molar-refractivity contribution in [2.75, 3.05) is 13.2 Å². The normalized spacial score (nSPS) is 9.89. The molecule has 3 heteroatoms. The molecule has 0 unspecified atom stereocenters. The van der Waals surface area contributed by atoms with Gasteiger partial charge in [-0.3, -0.25) is 0 Å². The lowest BCUT2D eigenvalue weighted by Gasteiger charge is -2.12. The zero-order valence-corrected chi connectivity index (χ0v) is 11.5. The Balaban J connectivity index is 3.11. The Hall–Kier alpha value is -2.03. The maximum Gasteiger partial charge on any atom is 0.181 e. The van der Waals surface area contributed by atoms with E-state index >= 15 is 0 Å². The van der Waals surface area contributed by atoms with Gasteiger partial charge in [0.25, 0.3) is 0 Å². The molecule has 0 aromatic heterocycles. The average molecular weight is 275 g/mol. The molecule has 0 atom stereocenters. The van der Waals surface area contributed by atoms with Crippen LogP contribution in [0.2, 0.25) is 5.02 Å². The molecule has 0 heterocycles. The van der Waals surface area contributed by atoms with Crippen LogP contribution >= 0.6 is 11.6 Å². The van der Waals surface area contributed by atoms with Crippen molar-refractivity contribution in [3.63, 3.8) is 0 Å². The van der Waals surface area contributed by atoms with Crippen LogP contribution in [0.5, 0.6) is 11.5 Å². The van der Waals surface area contributed by atoms with Gasteiger partial charge in [-0.1, -0.05) is 42.5 Å². The van der Waals surface area contributed by atoms with Crippen LogP contribution in [-0.2, 0) is 0 Å². The van der Waals surface area contributed by atoms with E-state index in [2.05, 4.69) is 18.8 Å². The number of benzene rings is 1. The molecular weight excluding hydrogens is 260 g/mol. The quantitative estimate of drug-likeness (QED) is 0.735. The third kappa shape index (κ3) is 4.62. The summed E-state index contributed by atoms with van der Waals surface area (Å²) in [6.07, 6.45) is 15.3. The highest BCUT2D eigenvalue weighted by Gasteiger charge is 2.11. The monoisotopic (exact) mass is 274 g/mol. The molecule has 0 saturated carbocycles. The first-order valence-corrected chi connectivity index (χ1v) is 6.23. The summed E-state index contributed by atoms with van der Waals surface area (Å²) < 4.78 is 10.8. The van der Waals surface area contributed by atoms with E-state index < -0.39 is 0 Å². The van der Waals surface area contributed by atoms with Gasteiger partial charge in [-0.25, -0.2) is 0 Å². The molecule has 0 bridgehead atoms. The summed E-state index contributed by atoms with van der Waals surface area (Å²) in [6, 6.07) is 3.61. The third-order valence-electron chi connectivity index (χ3n) is 2.19. The Bertz CT molecular complexity index is 533. The summed E-state index contributed by atoms with van der Waals surface area (Å²) in [5, 5.41) is 0.445. The lowest BCUT2D eigenvalue weighted by atomic mass is 10.1. The van der Waals surface area contributed by atoms with Gasteiger partial charge in [0.15, 0.2) is 11.5 Å². The van der Waals surface area contributed by atoms with E-state index in [-0.39, 0.29) is 13.2 Å². The summed E-state index contributed by atoms with van der Waals surface area (Å²) in [5.41, 5.74) is 0.923. The number of allylic oxidation sites excluding steroid dienone is 1. The topological polar surface area (TPSA) is 18.5 Å². The van der Waals surface area contributed by atoms with Crippen LogP contribution in [0.25, 0.3) is 6.08 Å². The second kappa shape index (κ2) is 8.14. The lowest BCUT2D eigenvalue weighted by Crippen LogP contribution is -2.01. The van der Waals surface area contributed by atoms with Crippen LogP contribution in [0, 0.1) is 24.7 Å². The van der Waals surface area contributed by atoms with Crippen LogP contribution in [0.1, 0.15) is 18.9 Å². The van der Waals surface area contributed by atoms with Gasteiger partial charge < -0.3 is 9.47 Å². The van der Waals surface area contributed by atoms with Crippen LogP contribution in [-0.4, -0.2) is 13.2 Å². The first-order chi connectivity index (χ1) is 9.22. The first kappa shape index (κ1) is 15.0. The van der Waals surface area contributed by atoms with Gasteiger partial charge in [0.1, 0.15) is 13.2 Å². The van der Waals surface area contributed by atoms with Crippen molar-refractivity contribution >= 4 is 17.7 Å². The van der Waals surface area contributed by atoms with Crippen LogP contribution < -0.4 is 9.47 Å². The van der Waals surface area contributed by atoms with Crippen molar-refractivity contribution in [2.24, 2.45) is 0 Å². The molecule has 1 aromatic carbocycles. The summed E-state index contributed by atoms with van der Waals surface area (Å²) >= 11 is 6.17. The number of ether oxygens (including phenoxy) is 2. The highest BCUT2D eigenvalue weighted by atomic mass is 35.5. The maximum atomic E-state index is 6.17. The number of hydrogen-bond donors (Lipinski definition) is 0. The Morgan fingerprint density at radius 3 is 2.53 bits per heavy atom. The van der Waals surface area contributed by atoms with Crippen molar-refractivity contribution in [3.05, 3.63) is 28.8 Å². The van der Waals surface area contributed by atoms with E-state index in [9.17, 15) is 0 Å². The number of halogens is 1. The second-order valence-corrected chi connectivity index (χ2v) is 4.03. The minimum absolute atomic E-state index is 0.121. The number of terminal acetylenes is 2. The molecular formula is C16H15ClO2.